The lowest BCUT2D eigenvalue weighted by atomic mass is 9.84. The summed E-state index contributed by atoms with van der Waals surface area (Å²) in [5, 5.41) is 14.0. The van der Waals surface area contributed by atoms with Crippen LogP contribution in [-0.2, 0) is 4.79 Å². The molecule has 0 radical (unpaired) electrons. The SMILES string of the molecule is O=C(CSc1nnc(Nc2ccccc2F)s1)Nc1cc2c(cc1Cl)C(=O)c1ccccc1C2=O. The van der Waals surface area contributed by atoms with Crippen molar-refractivity contribution < 1.29 is 18.8 Å². The van der Waals surface area contributed by atoms with Crippen molar-refractivity contribution in [3.05, 3.63) is 93.8 Å². The smallest absolute Gasteiger partial charge is 0.234 e. The lowest BCUT2D eigenvalue weighted by Gasteiger charge is -2.19. The number of rotatable bonds is 6. The van der Waals surface area contributed by atoms with Crippen LogP contribution in [0.15, 0.2) is 65.0 Å². The Morgan fingerprint density at radius 2 is 1.57 bits per heavy atom. The summed E-state index contributed by atoms with van der Waals surface area (Å²) in [6, 6.07) is 15.6. The van der Waals surface area contributed by atoms with Gasteiger partial charge in [0.05, 0.1) is 22.2 Å². The molecule has 11 heteroatoms. The molecule has 1 aliphatic carbocycles. The van der Waals surface area contributed by atoms with E-state index in [9.17, 15) is 18.8 Å². The molecule has 3 aromatic carbocycles. The summed E-state index contributed by atoms with van der Waals surface area (Å²) >= 11 is 8.63. The number of nitrogens with zero attached hydrogens (tertiary/aromatic N) is 2. The summed E-state index contributed by atoms with van der Waals surface area (Å²) < 4.78 is 14.3. The number of halogens is 2. The predicted octanol–water partition coefficient (Wildman–Crippen LogP) is 5.58. The zero-order valence-electron chi connectivity index (χ0n) is 17.7. The minimum absolute atomic E-state index is 0.00252. The Labute approximate surface area is 211 Å². The molecular weight excluding hydrogens is 511 g/mol. The number of aromatic nitrogens is 2. The highest BCUT2D eigenvalue weighted by Gasteiger charge is 2.30. The minimum atomic E-state index is -0.415. The molecule has 0 bridgehead atoms. The first kappa shape index (κ1) is 23.2. The highest BCUT2D eigenvalue weighted by Crippen LogP contribution is 2.34. The van der Waals surface area contributed by atoms with Gasteiger partial charge in [0, 0.05) is 22.3 Å². The fraction of sp³-hybridized carbons (Fsp3) is 0.0417. The summed E-state index contributed by atoms with van der Waals surface area (Å²) in [6.45, 7) is 0. The van der Waals surface area contributed by atoms with E-state index < -0.39 is 5.82 Å². The molecule has 0 unspecified atom stereocenters. The molecule has 1 aliphatic rings. The Kier molecular flexibility index (Phi) is 6.33. The average Bonchev–Trinajstić information content (AvgIpc) is 3.31. The molecule has 1 amide bonds. The van der Waals surface area contributed by atoms with Gasteiger partial charge in [0.25, 0.3) is 0 Å². The summed E-state index contributed by atoms with van der Waals surface area (Å²) in [5.41, 5.74) is 1.54. The Balaban J connectivity index is 1.26. The maximum Gasteiger partial charge on any atom is 0.234 e. The molecule has 2 N–H and O–H groups in total. The van der Waals surface area contributed by atoms with Crippen LogP contribution < -0.4 is 10.6 Å². The molecule has 1 heterocycles. The number of amides is 1. The minimum Gasteiger partial charge on any atom is -0.328 e. The van der Waals surface area contributed by atoms with E-state index in [1.54, 1.807) is 42.5 Å². The van der Waals surface area contributed by atoms with Gasteiger partial charge in [-0.25, -0.2) is 4.39 Å². The van der Waals surface area contributed by atoms with Gasteiger partial charge in [-0.15, -0.1) is 10.2 Å². The molecule has 4 aromatic rings. The molecule has 0 aliphatic heterocycles. The van der Waals surface area contributed by atoms with Gasteiger partial charge >= 0.3 is 0 Å². The number of fused-ring (bicyclic) bond motifs is 2. The average molecular weight is 525 g/mol. The van der Waals surface area contributed by atoms with Crippen LogP contribution in [0, 0.1) is 5.82 Å². The lowest BCUT2D eigenvalue weighted by molar-refractivity contribution is -0.113. The molecule has 5 rings (SSSR count). The number of benzene rings is 3. The molecule has 0 atom stereocenters. The van der Waals surface area contributed by atoms with Crippen LogP contribution in [0.4, 0.5) is 20.9 Å². The second kappa shape index (κ2) is 9.57. The van der Waals surface area contributed by atoms with Gasteiger partial charge in [0.2, 0.25) is 11.0 Å². The van der Waals surface area contributed by atoms with Crippen molar-refractivity contribution in [2.75, 3.05) is 16.4 Å². The molecule has 35 heavy (non-hydrogen) atoms. The van der Waals surface area contributed by atoms with Crippen molar-refractivity contribution in [3.8, 4) is 0 Å². The van der Waals surface area contributed by atoms with Crippen molar-refractivity contribution in [3.63, 3.8) is 0 Å². The van der Waals surface area contributed by atoms with Crippen LogP contribution in [0.1, 0.15) is 31.8 Å². The Hall–Kier alpha value is -3.60. The normalized spacial score (nSPS) is 12.2. The molecule has 1 aromatic heterocycles. The number of para-hydroxylation sites is 1. The number of carbonyl (C=O) groups is 3. The molecule has 174 valence electrons. The maximum atomic E-state index is 13.8. The first-order chi connectivity index (χ1) is 16.9. The number of hydrogen-bond acceptors (Lipinski definition) is 8. The van der Waals surface area contributed by atoms with Crippen LogP contribution in [0.2, 0.25) is 5.02 Å². The van der Waals surface area contributed by atoms with Crippen molar-refractivity contribution >= 4 is 68.7 Å². The van der Waals surface area contributed by atoms with E-state index in [0.29, 0.717) is 20.6 Å². The van der Waals surface area contributed by atoms with Gasteiger partial charge in [-0.1, -0.05) is 71.1 Å². The maximum absolute atomic E-state index is 13.8. The standard InChI is InChI=1S/C24H14ClFN4O3S2/c25-16-9-14-15(22(33)13-6-2-1-5-12(13)21(14)32)10-19(16)27-20(31)11-34-24-30-29-23(35-24)28-18-8-4-3-7-17(18)26/h1-10H,11H2,(H,27,31)(H,28,29). The van der Waals surface area contributed by atoms with E-state index in [0.717, 1.165) is 11.8 Å². The van der Waals surface area contributed by atoms with Crippen LogP contribution in [0.3, 0.4) is 0 Å². The molecule has 0 fully saturated rings. The Bertz CT molecular complexity index is 1510. The fourth-order valence-corrected chi connectivity index (χ4v) is 5.30. The van der Waals surface area contributed by atoms with Crippen LogP contribution >= 0.6 is 34.7 Å². The van der Waals surface area contributed by atoms with E-state index in [2.05, 4.69) is 20.8 Å². The number of thioether (sulfide) groups is 1. The van der Waals surface area contributed by atoms with Crippen LogP contribution in [0.5, 0.6) is 0 Å². The van der Waals surface area contributed by atoms with E-state index >= 15 is 0 Å². The monoisotopic (exact) mass is 524 g/mol. The Morgan fingerprint density at radius 1 is 0.914 bits per heavy atom. The predicted molar refractivity (Wildman–Crippen MR) is 134 cm³/mol. The third-order valence-electron chi connectivity index (χ3n) is 5.14. The zero-order valence-corrected chi connectivity index (χ0v) is 20.1. The number of anilines is 3. The molecule has 7 nitrogen and oxygen atoms in total. The molecule has 0 saturated carbocycles. The summed E-state index contributed by atoms with van der Waals surface area (Å²) in [5.74, 6) is -1.40. The van der Waals surface area contributed by atoms with Crippen LogP contribution in [0.25, 0.3) is 0 Å². The van der Waals surface area contributed by atoms with Gasteiger partial charge in [0.1, 0.15) is 5.82 Å². The third kappa shape index (κ3) is 4.68. The van der Waals surface area contributed by atoms with E-state index in [4.69, 9.17) is 11.6 Å². The second-order valence-corrected chi connectivity index (χ2v) is 10.0. The summed E-state index contributed by atoms with van der Waals surface area (Å²) in [6.07, 6.45) is 0. The van der Waals surface area contributed by atoms with Crippen molar-refractivity contribution in [2.45, 2.75) is 4.34 Å². The van der Waals surface area contributed by atoms with E-state index in [1.165, 1.54) is 29.5 Å². The van der Waals surface area contributed by atoms with Crippen molar-refractivity contribution in [1.29, 1.82) is 0 Å². The largest absolute Gasteiger partial charge is 0.328 e. The number of hydrogen-bond donors (Lipinski definition) is 2. The summed E-state index contributed by atoms with van der Waals surface area (Å²) in [4.78, 5) is 38.2. The first-order valence-electron chi connectivity index (χ1n) is 10.2. The second-order valence-electron chi connectivity index (χ2n) is 7.40. The van der Waals surface area contributed by atoms with Crippen molar-refractivity contribution in [1.82, 2.24) is 10.2 Å². The fourth-order valence-electron chi connectivity index (χ4n) is 3.52. The highest BCUT2D eigenvalue weighted by molar-refractivity contribution is 8.01. The molecular formula is C24H14ClFN4O3S2. The van der Waals surface area contributed by atoms with Crippen LogP contribution in [-0.4, -0.2) is 33.4 Å². The zero-order chi connectivity index (χ0) is 24.5. The van der Waals surface area contributed by atoms with E-state index in [1.807, 2.05) is 0 Å². The number of carbonyl (C=O) groups excluding carboxylic acids is 3. The number of ketones is 2. The third-order valence-corrected chi connectivity index (χ3v) is 7.42. The van der Waals surface area contributed by atoms with Gasteiger partial charge in [-0.05, 0) is 24.3 Å². The summed E-state index contributed by atoms with van der Waals surface area (Å²) in [7, 11) is 0. The molecule has 0 spiro atoms. The van der Waals surface area contributed by atoms with Gasteiger partial charge in [-0.2, -0.15) is 0 Å². The van der Waals surface area contributed by atoms with Gasteiger partial charge < -0.3 is 10.6 Å². The Morgan fingerprint density at radius 3 is 2.29 bits per heavy atom. The van der Waals surface area contributed by atoms with Crippen molar-refractivity contribution in [2.24, 2.45) is 0 Å². The quantitative estimate of drug-likeness (QED) is 0.280. The number of nitrogens with one attached hydrogen (secondary N) is 2. The lowest BCUT2D eigenvalue weighted by Crippen LogP contribution is -2.22. The highest BCUT2D eigenvalue weighted by atomic mass is 35.5. The van der Waals surface area contributed by atoms with Gasteiger partial charge in [-0.3, -0.25) is 14.4 Å². The first-order valence-corrected chi connectivity index (χ1v) is 12.4. The molecule has 0 saturated heterocycles. The topological polar surface area (TPSA) is 101 Å². The van der Waals surface area contributed by atoms with Gasteiger partial charge in [0.15, 0.2) is 15.9 Å². The van der Waals surface area contributed by atoms with E-state index in [-0.39, 0.29) is 50.8 Å².